The van der Waals surface area contributed by atoms with E-state index in [9.17, 15) is 13.2 Å². The van der Waals surface area contributed by atoms with Crippen LogP contribution in [0.3, 0.4) is 0 Å². The smallest absolute Gasteiger partial charge is 0.241 e. The van der Waals surface area contributed by atoms with E-state index in [1.165, 1.54) is 17.0 Å². The number of carbonyl (C=O) groups excluding carboxylic acids is 1. The molecule has 1 unspecified atom stereocenters. The lowest BCUT2D eigenvalue weighted by molar-refractivity contribution is -0.123. The predicted octanol–water partition coefficient (Wildman–Crippen LogP) is 3.17. The fourth-order valence-electron chi connectivity index (χ4n) is 2.21. The Morgan fingerprint density at radius 3 is 2.44 bits per heavy atom. The molecule has 1 heterocycles. The summed E-state index contributed by atoms with van der Waals surface area (Å²) in [7, 11) is -3.76. The molecule has 2 aromatic rings. The van der Waals surface area contributed by atoms with E-state index in [0.29, 0.717) is 6.54 Å². The molecule has 0 radical (unpaired) electrons. The van der Waals surface area contributed by atoms with Gasteiger partial charge in [-0.25, -0.2) is 8.42 Å². The average molecular weight is 445 g/mol. The summed E-state index contributed by atoms with van der Waals surface area (Å²) in [5, 5.41) is 4.81. The number of amides is 1. The van der Waals surface area contributed by atoms with Gasteiger partial charge in [-0.3, -0.25) is 4.79 Å². The molecule has 0 bridgehead atoms. The molecule has 0 saturated heterocycles. The summed E-state index contributed by atoms with van der Waals surface area (Å²) in [5.41, 5.74) is 0. The molecule has 1 amide bonds. The average Bonchev–Trinajstić information content (AvgIpc) is 3.06. The Hall–Kier alpha value is -1.22. The van der Waals surface area contributed by atoms with Crippen molar-refractivity contribution in [3.8, 4) is 0 Å². The van der Waals surface area contributed by atoms with Gasteiger partial charge in [-0.1, -0.05) is 35.8 Å². The molecule has 0 aliphatic rings. The zero-order chi connectivity index (χ0) is 18.4. The minimum absolute atomic E-state index is 0.132. The van der Waals surface area contributed by atoms with E-state index in [2.05, 4.69) is 26.0 Å². The van der Waals surface area contributed by atoms with Crippen LogP contribution >= 0.6 is 27.3 Å². The largest absolute Gasteiger partial charge is 0.354 e. The Bertz CT molecular complexity index is 788. The Balaban J connectivity index is 2.01. The molecule has 25 heavy (non-hydrogen) atoms. The molecule has 0 saturated carbocycles. The first-order valence-electron chi connectivity index (χ1n) is 7.87. The first-order valence-corrected chi connectivity index (χ1v) is 11.0. The number of sulfonamides is 1. The fourth-order valence-corrected chi connectivity index (χ4v) is 4.53. The molecule has 0 aliphatic carbocycles. The highest BCUT2D eigenvalue weighted by atomic mass is 79.9. The van der Waals surface area contributed by atoms with Gasteiger partial charge in [-0.2, -0.15) is 4.72 Å². The van der Waals surface area contributed by atoms with Crippen molar-refractivity contribution in [2.75, 3.05) is 6.54 Å². The second kappa shape index (κ2) is 8.93. The molecule has 1 atom stereocenters. The van der Waals surface area contributed by atoms with Gasteiger partial charge in [0.2, 0.25) is 15.9 Å². The number of rotatable bonds is 8. The van der Waals surface area contributed by atoms with Crippen LogP contribution in [-0.4, -0.2) is 26.9 Å². The van der Waals surface area contributed by atoms with Crippen molar-refractivity contribution in [1.29, 1.82) is 0 Å². The Morgan fingerprint density at radius 1 is 1.20 bits per heavy atom. The quantitative estimate of drug-likeness (QED) is 0.656. The van der Waals surface area contributed by atoms with Crippen LogP contribution in [0.25, 0.3) is 0 Å². The third-order valence-corrected chi connectivity index (χ3v) is 6.53. The second-order valence-electron chi connectivity index (χ2n) is 5.92. The number of hydrogen-bond donors (Lipinski definition) is 2. The van der Waals surface area contributed by atoms with Gasteiger partial charge in [-0.05, 0) is 48.1 Å². The van der Waals surface area contributed by atoms with Gasteiger partial charge in [-0.15, -0.1) is 11.3 Å². The zero-order valence-electron chi connectivity index (χ0n) is 14.0. The SMILES string of the molecule is CC(C)C(NS(=O)(=O)c1ccc(Br)cc1)C(=O)NCCc1cccs1. The molecule has 2 rings (SSSR count). The fraction of sp³-hybridized carbons (Fsp3) is 0.353. The van der Waals surface area contributed by atoms with E-state index in [4.69, 9.17) is 0 Å². The topological polar surface area (TPSA) is 75.3 Å². The maximum absolute atomic E-state index is 12.5. The van der Waals surface area contributed by atoms with E-state index in [-0.39, 0.29) is 16.7 Å². The van der Waals surface area contributed by atoms with Crippen LogP contribution in [-0.2, 0) is 21.2 Å². The first kappa shape index (κ1) is 20.1. The normalized spacial score (nSPS) is 13.0. The van der Waals surface area contributed by atoms with Crippen LogP contribution in [0.15, 0.2) is 51.1 Å². The van der Waals surface area contributed by atoms with Crippen LogP contribution in [0.1, 0.15) is 18.7 Å². The molecule has 1 aromatic heterocycles. The van der Waals surface area contributed by atoms with Crippen molar-refractivity contribution in [2.45, 2.75) is 31.2 Å². The van der Waals surface area contributed by atoms with Gasteiger partial charge in [0, 0.05) is 15.9 Å². The van der Waals surface area contributed by atoms with E-state index < -0.39 is 16.1 Å². The van der Waals surface area contributed by atoms with E-state index in [0.717, 1.165) is 10.9 Å². The van der Waals surface area contributed by atoms with Crippen molar-refractivity contribution < 1.29 is 13.2 Å². The monoisotopic (exact) mass is 444 g/mol. The molecule has 0 fully saturated rings. The highest BCUT2D eigenvalue weighted by Crippen LogP contribution is 2.16. The van der Waals surface area contributed by atoms with E-state index in [1.807, 2.05) is 31.4 Å². The van der Waals surface area contributed by atoms with Crippen LogP contribution in [0.5, 0.6) is 0 Å². The van der Waals surface area contributed by atoms with Gasteiger partial charge in [0.1, 0.15) is 6.04 Å². The van der Waals surface area contributed by atoms with Crippen molar-refractivity contribution in [3.63, 3.8) is 0 Å². The molecule has 5 nitrogen and oxygen atoms in total. The van der Waals surface area contributed by atoms with E-state index in [1.54, 1.807) is 23.5 Å². The van der Waals surface area contributed by atoms with E-state index >= 15 is 0 Å². The summed E-state index contributed by atoms with van der Waals surface area (Å²) in [5.74, 6) is -0.487. The maximum Gasteiger partial charge on any atom is 0.241 e. The number of thiophene rings is 1. The van der Waals surface area contributed by atoms with Gasteiger partial charge >= 0.3 is 0 Å². The van der Waals surface area contributed by atoms with Gasteiger partial charge in [0.25, 0.3) is 0 Å². The first-order chi connectivity index (χ1) is 11.8. The van der Waals surface area contributed by atoms with Crippen molar-refractivity contribution in [2.24, 2.45) is 5.92 Å². The minimum atomic E-state index is -3.76. The summed E-state index contributed by atoms with van der Waals surface area (Å²) in [4.78, 5) is 13.7. The standard InChI is InChI=1S/C17H21BrN2O3S2/c1-12(2)16(17(21)19-10-9-14-4-3-11-24-14)20-25(22,23)15-7-5-13(18)6-8-15/h3-8,11-12,16,20H,9-10H2,1-2H3,(H,19,21). The maximum atomic E-state index is 12.5. The van der Waals surface area contributed by atoms with Gasteiger partial charge in [0.15, 0.2) is 0 Å². The van der Waals surface area contributed by atoms with Crippen molar-refractivity contribution >= 4 is 43.2 Å². The molecular weight excluding hydrogens is 424 g/mol. The Kier molecular flexibility index (Phi) is 7.18. The third kappa shape index (κ3) is 5.91. The van der Waals surface area contributed by atoms with Gasteiger partial charge in [0.05, 0.1) is 4.90 Å². The number of carbonyl (C=O) groups is 1. The highest BCUT2D eigenvalue weighted by Gasteiger charge is 2.28. The lowest BCUT2D eigenvalue weighted by Crippen LogP contribution is -2.49. The molecule has 0 spiro atoms. The second-order valence-corrected chi connectivity index (χ2v) is 9.58. The molecule has 8 heteroatoms. The molecule has 1 aromatic carbocycles. The third-order valence-electron chi connectivity index (χ3n) is 3.61. The summed E-state index contributed by atoms with van der Waals surface area (Å²) in [6.07, 6.45) is 0.730. The molecule has 136 valence electrons. The lowest BCUT2D eigenvalue weighted by atomic mass is 10.1. The van der Waals surface area contributed by atoms with Crippen LogP contribution in [0.2, 0.25) is 0 Å². The number of hydrogen-bond acceptors (Lipinski definition) is 4. The number of halogens is 1. The number of benzene rings is 1. The zero-order valence-corrected chi connectivity index (χ0v) is 17.2. The summed E-state index contributed by atoms with van der Waals surface area (Å²) in [6, 6.07) is 9.45. The van der Waals surface area contributed by atoms with Crippen molar-refractivity contribution in [1.82, 2.24) is 10.0 Å². The molecule has 0 aliphatic heterocycles. The molecule has 2 N–H and O–H groups in total. The summed E-state index contributed by atoms with van der Waals surface area (Å²) >= 11 is 4.91. The Morgan fingerprint density at radius 2 is 1.88 bits per heavy atom. The van der Waals surface area contributed by atoms with Crippen LogP contribution in [0, 0.1) is 5.92 Å². The van der Waals surface area contributed by atoms with Crippen LogP contribution in [0.4, 0.5) is 0 Å². The highest BCUT2D eigenvalue weighted by molar-refractivity contribution is 9.10. The van der Waals surface area contributed by atoms with Crippen molar-refractivity contribution in [3.05, 3.63) is 51.1 Å². The minimum Gasteiger partial charge on any atom is -0.354 e. The lowest BCUT2D eigenvalue weighted by Gasteiger charge is -2.21. The summed E-state index contributed by atoms with van der Waals surface area (Å²) in [6.45, 7) is 4.10. The molecular formula is C17H21BrN2O3S2. The van der Waals surface area contributed by atoms with Crippen LogP contribution < -0.4 is 10.0 Å². The Labute approximate surface area is 161 Å². The summed E-state index contributed by atoms with van der Waals surface area (Å²) < 4.78 is 28.3. The number of nitrogens with one attached hydrogen (secondary N) is 2. The van der Waals surface area contributed by atoms with Gasteiger partial charge < -0.3 is 5.32 Å². The predicted molar refractivity (Wildman–Crippen MR) is 104 cm³/mol.